The van der Waals surface area contributed by atoms with Crippen molar-refractivity contribution in [3.8, 4) is 17.4 Å². The van der Waals surface area contributed by atoms with Gasteiger partial charge in [0.15, 0.2) is 17.5 Å². The van der Waals surface area contributed by atoms with E-state index >= 15 is 0 Å². The van der Waals surface area contributed by atoms with Crippen LogP contribution in [0.2, 0.25) is 0 Å². The van der Waals surface area contributed by atoms with Crippen LogP contribution in [0.4, 0.5) is 13.2 Å². The van der Waals surface area contributed by atoms with E-state index < -0.39 is 17.5 Å². The first-order chi connectivity index (χ1) is 8.52. The standard InChI is InChI=1S/C10H6F3N3OS/c1-17-9-14-8(15-10(18)16-9)4-2-3-5(11)7(13)6(4)12/h2-3H,1H3,(H,14,15,16,18). The number of hydrogen-bond donors (Lipinski definition) is 1. The fourth-order valence-electron chi connectivity index (χ4n) is 1.30. The van der Waals surface area contributed by atoms with E-state index in [1.54, 1.807) is 0 Å². The number of methoxy groups -OCH3 is 1. The lowest BCUT2D eigenvalue weighted by molar-refractivity contribution is 0.377. The number of H-pyrrole nitrogens is 1. The number of aromatic amines is 1. The van der Waals surface area contributed by atoms with Gasteiger partial charge in [-0.1, -0.05) is 0 Å². The SMILES string of the molecule is COc1nc(=S)nc(-c2ccc(F)c(F)c2F)[nH]1. The molecule has 1 aromatic heterocycles. The second kappa shape index (κ2) is 4.73. The van der Waals surface area contributed by atoms with Crippen molar-refractivity contribution in [2.45, 2.75) is 0 Å². The molecule has 0 radical (unpaired) electrons. The minimum absolute atomic E-state index is 0.00543. The van der Waals surface area contributed by atoms with E-state index in [0.29, 0.717) is 0 Å². The molecule has 1 heterocycles. The summed E-state index contributed by atoms with van der Waals surface area (Å²) in [7, 11) is 1.32. The highest BCUT2D eigenvalue weighted by Gasteiger charge is 2.16. The van der Waals surface area contributed by atoms with Crippen LogP contribution in [0.25, 0.3) is 11.4 Å². The van der Waals surface area contributed by atoms with Crippen molar-refractivity contribution in [1.29, 1.82) is 0 Å². The third kappa shape index (κ3) is 2.19. The van der Waals surface area contributed by atoms with Gasteiger partial charge in [-0.05, 0) is 24.4 Å². The zero-order valence-corrected chi connectivity index (χ0v) is 9.82. The van der Waals surface area contributed by atoms with Crippen molar-refractivity contribution in [2.24, 2.45) is 0 Å². The van der Waals surface area contributed by atoms with Crippen LogP contribution in [0, 0.1) is 22.2 Å². The third-order valence-electron chi connectivity index (χ3n) is 2.11. The van der Waals surface area contributed by atoms with Gasteiger partial charge in [0.05, 0.1) is 12.7 Å². The summed E-state index contributed by atoms with van der Waals surface area (Å²) in [6, 6.07) is 1.83. The number of benzene rings is 1. The Labute approximate surface area is 104 Å². The van der Waals surface area contributed by atoms with E-state index in [-0.39, 0.29) is 22.2 Å². The lowest BCUT2D eigenvalue weighted by atomic mass is 10.2. The van der Waals surface area contributed by atoms with Crippen molar-refractivity contribution in [3.05, 3.63) is 34.4 Å². The number of halogens is 3. The maximum absolute atomic E-state index is 13.5. The molecule has 0 aliphatic rings. The summed E-state index contributed by atoms with van der Waals surface area (Å²) >= 11 is 4.74. The van der Waals surface area contributed by atoms with Crippen molar-refractivity contribution < 1.29 is 17.9 Å². The summed E-state index contributed by atoms with van der Waals surface area (Å²) in [6.07, 6.45) is 0. The lowest BCUT2D eigenvalue weighted by Crippen LogP contribution is -2.01. The van der Waals surface area contributed by atoms with Gasteiger partial charge in [-0.3, -0.25) is 4.98 Å². The summed E-state index contributed by atoms with van der Waals surface area (Å²) in [5, 5.41) is 0. The number of rotatable bonds is 2. The van der Waals surface area contributed by atoms with Gasteiger partial charge in [-0.2, -0.15) is 4.98 Å². The minimum atomic E-state index is -1.58. The Bertz CT molecular complexity index is 659. The van der Waals surface area contributed by atoms with Crippen LogP contribution in [0.5, 0.6) is 6.01 Å². The van der Waals surface area contributed by atoms with Crippen LogP contribution in [-0.4, -0.2) is 22.1 Å². The highest BCUT2D eigenvalue weighted by molar-refractivity contribution is 7.71. The maximum atomic E-state index is 13.5. The predicted octanol–water partition coefficient (Wildman–Crippen LogP) is 2.63. The number of hydrogen-bond acceptors (Lipinski definition) is 4. The quantitative estimate of drug-likeness (QED) is 0.675. The van der Waals surface area contributed by atoms with E-state index in [0.717, 1.165) is 12.1 Å². The molecule has 0 bridgehead atoms. The Balaban J connectivity index is 2.66. The molecule has 0 atom stereocenters. The molecule has 18 heavy (non-hydrogen) atoms. The van der Waals surface area contributed by atoms with E-state index in [1.165, 1.54) is 7.11 Å². The molecule has 0 aliphatic carbocycles. The maximum Gasteiger partial charge on any atom is 0.297 e. The molecule has 0 saturated carbocycles. The second-order valence-electron chi connectivity index (χ2n) is 3.21. The normalized spacial score (nSPS) is 10.4. The number of nitrogens with one attached hydrogen (secondary N) is 1. The molecular formula is C10H6F3N3OS. The van der Waals surface area contributed by atoms with Crippen LogP contribution >= 0.6 is 12.2 Å². The van der Waals surface area contributed by atoms with E-state index in [1.807, 2.05) is 0 Å². The van der Waals surface area contributed by atoms with Gasteiger partial charge < -0.3 is 4.74 Å². The van der Waals surface area contributed by atoms with Gasteiger partial charge in [0.1, 0.15) is 5.82 Å². The van der Waals surface area contributed by atoms with Crippen LogP contribution < -0.4 is 4.74 Å². The van der Waals surface area contributed by atoms with Crippen LogP contribution in [-0.2, 0) is 0 Å². The van der Waals surface area contributed by atoms with E-state index in [4.69, 9.17) is 17.0 Å². The van der Waals surface area contributed by atoms with Gasteiger partial charge in [-0.15, -0.1) is 0 Å². The van der Waals surface area contributed by atoms with Crippen molar-refractivity contribution in [3.63, 3.8) is 0 Å². The van der Waals surface area contributed by atoms with Crippen molar-refractivity contribution >= 4 is 12.2 Å². The first-order valence-electron chi connectivity index (χ1n) is 4.69. The Morgan fingerprint density at radius 2 is 1.89 bits per heavy atom. The molecule has 2 rings (SSSR count). The average Bonchev–Trinajstić information content (AvgIpc) is 2.35. The zero-order chi connectivity index (χ0) is 13.3. The molecule has 1 aromatic carbocycles. The molecule has 2 aromatic rings. The summed E-state index contributed by atoms with van der Waals surface area (Å²) in [6.45, 7) is 0. The Kier molecular flexibility index (Phi) is 3.28. The van der Waals surface area contributed by atoms with Crippen molar-refractivity contribution in [1.82, 2.24) is 15.0 Å². The fraction of sp³-hybridized carbons (Fsp3) is 0.100. The molecule has 0 spiro atoms. The van der Waals surface area contributed by atoms with Crippen molar-refractivity contribution in [2.75, 3.05) is 7.11 Å². The smallest absolute Gasteiger partial charge is 0.297 e. The molecule has 1 N–H and O–H groups in total. The number of aromatic nitrogens is 3. The Morgan fingerprint density at radius 3 is 2.56 bits per heavy atom. The van der Waals surface area contributed by atoms with Gasteiger partial charge in [0, 0.05) is 0 Å². The summed E-state index contributed by atoms with van der Waals surface area (Å²) in [5.74, 6) is -4.31. The molecule has 0 fully saturated rings. The average molecular weight is 273 g/mol. The molecule has 8 heteroatoms. The molecule has 0 amide bonds. The highest BCUT2D eigenvalue weighted by Crippen LogP contribution is 2.23. The molecule has 0 saturated heterocycles. The summed E-state index contributed by atoms with van der Waals surface area (Å²) in [5.41, 5.74) is -0.263. The Hall–Kier alpha value is -1.96. The van der Waals surface area contributed by atoms with E-state index in [9.17, 15) is 13.2 Å². The van der Waals surface area contributed by atoms with Crippen LogP contribution in [0.3, 0.4) is 0 Å². The largest absolute Gasteiger partial charge is 0.468 e. The van der Waals surface area contributed by atoms with Crippen LogP contribution in [0.15, 0.2) is 12.1 Å². The topological polar surface area (TPSA) is 50.8 Å². The first kappa shape index (κ1) is 12.5. The summed E-state index contributed by atoms with van der Waals surface area (Å²) < 4.78 is 44.1. The third-order valence-corrected chi connectivity index (χ3v) is 2.30. The number of ether oxygens (including phenoxy) is 1. The first-order valence-corrected chi connectivity index (χ1v) is 5.10. The van der Waals surface area contributed by atoms with Gasteiger partial charge in [-0.25, -0.2) is 18.2 Å². The lowest BCUT2D eigenvalue weighted by Gasteiger charge is -2.05. The van der Waals surface area contributed by atoms with Gasteiger partial charge >= 0.3 is 0 Å². The Morgan fingerprint density at radius 1 is 1.17 bits per heavy atom. The van der Waals surface area contributed by atoms with Gasteiger partial charge in [0.2, 0.25) is 4.77 Å². The molecular weight excluding hydrogens is 267 g/mol. The van der Waals surface area contributed by atoms with Gasteiger partial charge in [0.25, 0.3) is 6.01 Å². The molecule has 0 aliphatic heterocycles. The number of nitrogens with zero attached hydrogens (tertiary/aromatic N) is 2. The van der Waals surface area contributed by atoms with E-state index in [2.05, 4.69) is 15.0 Å². The second-order valence-corrected chi connectivity index (χ2v) is 3.58. The fourth-order valence-corrected chi connectivity index (χ4v) is 1.47. The molecule has 94 valence electrons. The van der Waals surface area contributed by atoms with Crippen LogP contribution in [0.1, 0.15) is 0 Å². The monoisotopic (exact) mass is 273 g/mol. The zero-order valence-electron chi connectivity index (χ0n) is 9.00. The highest BCUT2D eigenvalue weighted by atomic mass is 32.1. The summed E-state index contributed by atoms with van der Waals surface area (Å²) in [4.78, 5) is 9.90. The molecule has 4 nitrogen and oxygen atoms in total. The minimum Gasteiger partial charge on any atom is -0.468 e. The predicted molar refractivity (Wildman–Crippen MR) is 59.1 cm³/mol. The molecule has 0 unspecified atom stereocenters.